The number of sulfone groups is 1. The Hall–Kier alpha value is -3.98. The summed E-state index contributed by atoms with van der Waals surface area (Å²) in [6, 6.07) is 22.4. The number of amides is 2. The Bertz CT molecular complexity index is 2170. The molecule has 0 radical (unpaired) electrons. The van der Waals surface area contributed by atoms with Crippen molar-refractivity contribution in [1.29, 1.82) is 0 Å². The number of carbonyl (C=O) groups is 2. The quantitative estimate of drug-likeness (QED) is 0.104. The summed E-state index contributed by atoms with van der Waals surface area (Å²) in [6.07, 6.45) is 4.01. The van der Waals surface area contributed by atoms with Crippen molar-refractivity contribution in [3.8, 4) is 23.7 Å². The molecule has 12 nitrogen and oxygen atoms in total. The molecule has 5 rings (SSSR count). The monoisotopic (exact) mass is 807 g/mol. The molecule has 1 aliphatic carbocycles. The number of rotatable bonds is 13. The van der Waals surface area contributed by atoms with Crippen LogP contribution in [0.4, 0.5) is 4.79 Å². The Balaban J connectivity index is 1.23. The number of nitrogens with one attached hydrogen (secondary N) is 1. The standard InChI is InChI=1S/C40H50N3O9PSSi/c1-37(2,3)51-53(46,47)52-41-35(44)39(7,54(8,48)49)25-26-42-29-32-27-31(28-43(32)36(42)45)17-15-16-22-40(23-24-40)30-50-55(38(4,5)6,33-18-11-9-12-19-33)34-20-13-10-14-21-34/h9-14,18-21,27-28H,23-26,29-30H2,1-8H3,(H,41,44)(H,46,47)/t39-/m1/s1. The Kier molecular flexibility index (Phi) is 11.9. The number of phosphoric ester groups is 1. The lowest BCUT2D eigenvalue weighted by Gasteiger charge is -2.43. The van der Waals surface area contributed by atoms with Crippen LogP contribution in [-0.2, 0) is 39.3 Å². The molecule has 2 heterocycles. The van der Waals surface area contributed by atoms with Crippen molar-refractivity contribution >= 4 is 48.3 Å². The van der Waals surface area contributed by atoms with Gasteiger partial charge in [0.25, 0.3) is 14.2 Å². The van der Waals surface area contributed by atoms with E-state index < -0.39 is 48.3 Å². The van der Waals surface area contributed by atoms with Gasteiger partial charge in [0.15, 0.2) is 14.6 Å². The summed E-state index contributed by atoms with van der Waals surface area (Å²) in [7, 11) is -11.5. The van der Waals surface area contributed by atoms with Crippen molar-refractivity contribution in [1.82, 2.24) is 14.9 Å². The fourth-order valence-corrected chi connectivity index (χ4v) is 13.0. The van der Waals surface area contributed by atoms with E-state index in [9.17, 15) is 27.5 Å². The minimum absolute atomic E-state index is 0.0999. The van der Waals surface area contributed by atoms with Crippen molar-refractivity contribution < 1.29 is 41.0 Å². The third-order valence-electron chi connectivity index (χ3n) is 9.96. The molecule has 55 heavy (non-hydrogen) atoms. The number of phosphoric acid groups is 1. The zero-order valence-electron chi connectivity index (χ0n) is 32.6. The number of benzene rings is 2. The smallest absolute Gasteiger partial charge is 0.406 e. The maximum atomic E-state index is 13.3. The summed E-state index contributed by atoms with van der Waals surface area (Å²) in [5.74, 6) is 11.2. The molecule has 2 amide bonds. The second-order valence-electron chi connectivity index (χ2n) is 16.5. The first kappa shape index (κ1) is 42.2. The average molecular weight is 808 g/mol. The predicted molar refractivity (Wildman–Crippen MR) is 213 cm³/mol. The Labute approximate surface area is 325 Å². The maximum Gasteiger partial charge on any atom is 0.494 e. The number of hydrogen-bond acceptors (Lipinski definition) is 8. The lowest BCUT2D eigenvalue weighted by Crippen LogP contribution is -2.67. The lowest BCUT2D eigenvalue weighted by atomic mass is 10.1. The number of hydroxylamine groups is 1. The summed E-state index contributed by atoms with van der Waals surface area (Å²) in [5.41, 5.74) is 1.67. The summed E-state index contributed by atoms with van der Waals surface area (Å²) < 4.78 is 53.7. The van der Waals surface area contributed by atoms with Crippen LogP contribution in [0, 0.1) is 29.1 Å². The molecular weight excluding hydrogens is 758 g/mol. The Morgan fingerprint density at radius 1 is 0.982 bits per heavy atom. The molecule has 2 N–H and O–H groups in total. The second kappa shape index (κ2) is 15.5. The lowest BCUT2D eigenvalue weighted by molar-refractivity contribution is -0.131. The predicted octanol–water partition coefficient (Wildman–Crippen LogP) is 5.14. The van der Waals surface area contributed by atoms with Gasteiger partial charge in [-0.05, 0) is 80.3 Å². The number of nitrogens with zero attached hydrogens (tertiary/aromatic N) is 2. The average Bonchev–Trinajstić information content (AvgIpc) is 3.65. The van der Waals surface area contributed by atoms with Gasteiger partial charge in [-0.3, -0.25) is 13.9 Å². The molecule has 2 aromatic carbocycles. The van der Waals surface area contributed by atoms with Gasteiger partial charge >= 0.3 is 13.9 Å². The van der Waals surface area contributed by atoms with Crippen LogP contribution >= 0.6 is 7.82 Å². The molecule has 0 saturated heterocycles. The molecule has 0 spiro atoms. The van der Waals surface area contributed by atoms with Gasteiger partial charge in [-0.25, -0.2) is 23.3 Å². The molecule has 15 heteroatoms. The highest BCUT2D eigenvalue weighted by Crippen LogP contribution is 2.48. The van der Waals surface area contributed by atoms with Crippen LogP contribution in [0.5, 0.6) is 0 Å². The second-order valence-corrected chi connectivity index (χ2v) is 24.5. The van der Waals surface area contributed by atoms with E-state index in [1.165, 1.54) is 40.6 Å². The molecule has 2 aliphatic rings. The molecule has 1 aliphatic heterocycles. The molecule has 1 saturated carbocycles. The van der Waals surface area contributed by atoms with E-state index in [2.05, 4.69) is 97.6 Å². The normalized spacial score (nSPS) is 17.5. The zero-order chi connectivity index (χ0) is 40.5. The van der Waals surface area contributed by atoms with Gasteiger partial charge in [0, 0.05) is 30.3 Å². The van der Waals surface area contributed by atoms with Crippen molar-refractivity contribution in [2.45, 2.75) is 89.7 Å². The van der Waals surface area contributed by atoms with E-state index in [1.807, 2.05) is 12.1 Å². The number of hydrogen-bond donors (Lipinski definition) is 2. The van der Waals surface area contributed by atoms with Crippen molar-refractivity contribution in [3.63, 3.8) is 0 Å². The molecule has 1 aromatic heterocycles. The number of carbonyl (C=O) groups excluding carboxylic acids is 2. The zero-order valence-corrected chi connectivity index (χ0v) is 35.3. The van der Waals surface area contributed by atoms with Crippen LogP contribution in [0.15, 0.2) is 72.9 Å². The fraction of sp³-hybridized carbons (Fsp3) is 0.450. The largest absolute Gasteiger partial charge is 0.494 e. The Morgan fingerprint density at radius 2 is 1.56 bits per heavy atom. The van der Waals surface area contributed by atoms with Gasteiger partial charge in [-0.15, -0.1) is 0 Å². The van der Waals surface area contributed by atoms with Crippen LogP contribution in [-0.4, -0.2) is 72.8 Å². The third-order valence-corrected chi connectivity index (χ3v) is 18.1. The number of aromatic nitrogens is 1. The third kappa shape index (κ3) is 9.53. The van der Waals surface area contributed by atoms with Crippen molar-refractivity contribution in [2.24, 2.45) is 5.41 Å². The molecule has 3 aromatic rings. The van der Waals surface area contributed by atoms with Gasteiger partial charge in [0.1, 0.15) is 0 Å². The van der Waals surface area contributed by atoms with Crippen molar-refractivity contribution in [3.05, 3.63) is 84.2 Å². The first-order valence-electron chi connectivity index (χ1n) is 18.0. The first-order chi connectivity index (χ1) is 25.5. The first-order valence-corrected chi connectivity index (χ1v) is 23.3. The van der Waals surface area contributed by atoms with Crippen molar-refractivity contribution in [2.75, 3.05) is 19.4 Å². The van der Waals surface area contributed by atoms with Crippen LogP contribution < -0.4 is 15.9 Å². The van der Waals surface area contributed by atoms with Gasteiger partial charge in [-0.1, -0.05) is 93.3 Å². The van der Waals surface area contributed by atoms with Crippen LogP contribution in [0.1, 0.15) is 79.0 Å². The van der Waals surface area contributed by atoms with E-state index in [4.69, 9.17) is 8.95 Å². The van der Waals surface area contributed by atoms with E-state index in [0.29, 0.717) is 17.9 Å². The van der Waals surface area contributed by atoms with Crippen LogP contribution in [0.2, 0.25) is 5.04 Å². The topological polar surface area (TPSA) is 153 Å². The van der Waals surface area contributed by atoms with Gasteiger partial charge < -0.3 is 14.2 Å². The maximum absolute atomic E-state index is 13.3. The minimum atomic E-state index is -4.75. The van der Waals surface area contributed by atoms with E-state index in [-0.39, 0.29) is 30.0 Å². The molecule has 0 bridgehead atoms. The summed E-state index contributed by atoms with van der Waals surface area (Å²) >= 11 is 0. The van der Waals surface area contributed by atoms with Crippen LogP contribution in [0.25, 0.3) is 0 Å². The summed E-state index contributed by atoms with van der Waals surface area (Å²) in [6.45, 7) is 13.0. The van der Waals surface area contributed by atoms with Gasteiger partial charge in [0.05, 0.1) is 24.2 Å². The van der Waals surface area contributed by atoms with Crippen LogP contribution in [0.3, 0.4) is 0 Å². The van der Waals surface area contributed by atoms with E-state index in [0.717, 1.165) is 26.0 Å². The molecular formula is C40H50N3O9PSSi. The molecule has 294 valence electrons. The molecule has 2 atom stereocenters. The summed E-state index contributed by atoms with van der Waals surface area (Å²) in [5, 5.41) is 2.29. The highest BCUT2D eigenvalue weighted by Gasteiger charge is 2.53. The number of fused-ring (bicyclic) bond motifs is 1. The highest BCUT2D eigenvalue weighted by molar-refractivity contribution is 7.92. The SMILES string of the molecule is CC(C)(C)OP(=O)(O)ONC(=O)[C@@](C)(CCN1Cc2cc(C#CC#CC3(CO[Si](c4ccccc4)(c4ccccc4)C(C)(C)C)CC3)cn2C1=O)S(C)(=O)=O. The highest BCUT2D eigenvalue weighted by atomic mass is 32.2. The van der Waals surface area contributed by atoms with E-state index in [1.54, 1.807) is 17.7 Å². The minimum Gasteiger partial charge on any atom is -0.406 e. The fourth-order valence-electron chi connectivity index (χ4n) is 6.59. The van der Waals surface area contributed by atoms with Gasteiger partial charge in [0.2, 0.25) is 0 Å². The molecule has 1 unspecified atom stereocenters. The van der Waals surface area contributed by atoms with E-state index >= 15 is 0 Å². The van der Waals surface area contributed by atoms with Gasteiger partial charge in [-0.2, -0.15) is 4.62 Å². The molecule has 1 fully saturated rings. The summed E-state index contributed by atoms with van der Waals surface area (Å²) in [4.78, 5) is 37.6. The Morgan fingerprint density at radius 3 is 2.05 bits per heavy atom.